The maximum Gasteiger partial charge on any atom is 0.259 e. The standard InChI is InChI=1S/C18H20N6O/c1-23-8-10-24(11-9-23)13-4-2-12(3-5-13)16-15-14(21-18(19)22-16)6-7-20-17(15)25/h2-7H,8-11H2,1H3,(H,20,25)(H2,19,21,22). The van der Waals surface area contributed by atoms with Crippen molar-refractivity contribution in [3.05, 3.63) is 46.9 Å². The van der Waals surface area contributed by atoms with E-state index >= 15 is 0 Å². The van der Waals surface area contributed by atoms with Crippen LogP contribution >= 0.6 is 0 Å². The Bertz CT molecular complexity index is 957. The molecule has 3 aromatic rings. The molecule has 0 aliphatic carbocycles. The molecule has 7 nitrogen and oxygen atoms in total. The first-order valence-corrected chi connectivity index (χ1v) is 8.31. The quantitative estimate of drug-likeness (QED) is 0.733. The van der Waals surface area contributed by atoms with Crippen molar-refractivity contribution in [2.24, 2.45) is 0 Å². The van der Waals surface area contributed by atoms with E-state index in [2.05, 4.69) is 43.9 Å². The van der Waals surface area contributed by atoms with Crippen LogP contribution in [0.1, 0.15) is 0 Å². The Balaban J connectivity index is 1.73. The number of piperazine rings is 1. The van der Waals surface area contributed by atoms with Crippen molar-refractivity contribution in [2.75, 3.05) is 43.9 Å². The molecule has 0 radical (unpaired) electrons. The van der Waals surface area contributed by atoms with Gasteiger partial charge >= 0.3 is 0 Å². The maximum atomic E-state index is 12.2. The molecule has 0 atom stereocenters. The smallest absolute Gasteiger partial charge is 0.259 e. The van der Waals surface area contributed by atoms with E-state index in [4.69, 9.17) is 5.73 Å². The highest BCUT2D eigenvalue weighted by Crippen LogP contribution is 2.26. The number of nitrogens with two attached hydrogens (primary N) is 1. The number of nitrogen functional groups attached to an aromatic ring is 1. The van der Waals surface area contributed by atoms with Gasteiger partial charge in [0.15, 0.2) is 0 Å². The fraction of sp³-hybridized carbons (Fsp3) is 0.278. The molecule has 0 bridgehead atoms. The summed E-state index contributed by atoms with van der Waals surface area (Å²) in [6, 6.07) is 9.85. The lowest BCUT2D eigenvalue weighted by atomic mass is 10.1. The topological polar surface area (TPSA) is 91.1 Å². The van der Waals surface area contributed by atoms with E-state index in [0.717, 1.165) is 31.7 Å². The molecule has 0 spiro atoms. The van der Waals surface area contributed by atoms with Crippen molar-refractivity contribution >= 4 is 22.5 Å². The lowest BCUT2D eigenvalue weighted by Gasteiger charge is -2.34. The number of nitrogens with zero attached hydrogens (tertiary/aromatic N) is 4. The molecule has 128 valence electrons. The summed E-state index contributed by atoms with van der Waals surface area (Å²) >= 11 is 0. The van der Waals surface area contributed by atoms with Crippen LogP contribution in [0.25, 0.3) is 22.2 Å². The van der Waals surface area contributed by atoms with Gasteiger partial charge in [0.05, 0.1) is 16.6 Å². The van der Waals surface area contributed by atoms with Crippen molar-refractivity contribution < 1.29 is 0 Å². The third-order valence-corrected chi connectivity index (χ3v) is 4.65. The molecular weight excluding hydrogens is 316 g/mol. The number of H-pyrrole nitrogens is 1. The van der Waals surface area contributed by atoms with Crippen LogP contribution in [0.4, 0.5) is 11.6 Å². The fourth-order valence-corrected chi connectivity index (χ4v) is 3.21. The molecule has 1 aliphatic heterocycles. The van der Waals surface area contributed by atoms with Gasteiger partial charge in [0.2, 0.25) is 5.95 Å². The summed E-state index contributed by atoms with van der Waals surface area (Å²) in [7, 11) is 2.14. The van der Waals surface area contributed by atoms with Gasteiger partial charge in [-0.1, -0.05) is 12.1 Å². The van der Waals surface area contributed by atoms with Gasteiger partial charge in [-0.05, 0) is 25.2 Å². The minimum Gasteiger partial charge on any atom is -0.369 e. The van der Waals surface area contributed by atoms with Gasteiger partial charge in [0, 0.05) is 43.6 Å². The number of rotatable bonds is 2. The highest BCUT2D eigenvalue weighted by molar-refractivity contribution is 5.92. The maximum absolute atomic E-state index is 12.2. The van der Waals surface area contributed by atoms with Crippen molar-refractivity contribution in [3.8, 4) is 11.3 Å². The second-order valence-corrected chi connectivity index (χ2v) is 6.33. The summed E-state index contributed by atoms with van der Waals surface area (Å²) in [5, 5.41) is 0.462. The minimum absolute atomic E-state index is 0.163. The van der Waals surface area contributed by atoms with Crippen LogP contribution in [0.2, 0.25) is 0 Å². The molecule has 0 saturated carbocycles. The lowest BCUT2D eigenvalue weighted by molar-refractivity contribution is 0.313. The van der Waals surface area contributed by atoms with Crippen molar-refractivity contribution in [1.82, 2.24) is 19.9 Å². The molecule has 3 heterocycles. The molecule has 1 aliphatic rings. The molecule has 25 heavy (non-hydrogen) atoms. The number of nitrogens with one attached hydrogen (secondary N) is 1. The van der Waals surface area contributed by atoms with Crippen molar-refractivity contribution in [2.45, 2.75) is 0 Å². The number of anilines is 2. The summed E-state index contributed by atoms with van der Waals surface area (Å²) < 4.78 is 0. The molecule has 1 aromatic carbocycles. The number of fused-ring (bicyclic) bond motifs is 1. The lowest BCUT2D eigenvalue weighted by Crippen LogP contribution is -2.44. The number of likely N-dealkylation sites (N-methyl/N-ethyl adjacent to an activating group) is 1. The van der Waals surface area contributed by atoms with E-state index in [1.807, 2.05) is 12.1 Å². The average molecular weight is 336 g/mol. The Kier molecular flexibility index (Phi) is 3.85. The largest absolute Gasteiger partial charge is 0.369 e. The van der Waals surface area contributed by atoms with Crippen LogP contribution in [0.3, 0.4) is 0 Å². The van der Waals surface area contributed by atoms with E-state index in [1.54, 1.807) is 12.3 Å². The number of aromatic nitrogens is 3. The van der Waals surface area contributed by atoms with Crippen LogP contribution in [0.5, 0.6) is 0 Å². The van der Waals surface area contributed by atoms with Crippen LogP contribution in [0.15, 0.2) is 41.3 Å². The van der Waals surface area contributed by atoms with Crippen molar-refractivity contribution in [3.63, 3.8) is 0 Å². The first-order valence-electron chi connectivity index (χ1n) is 8.31. The van der Waals surface area contributed by atoms with Gasteiger partial charge in [-0.25, -0.2) is 9.97 Å². The number of pyridine rings is 1. The van der Waals surface area contributed by atoms with Crippen LogP contribution in [-0.2, 0) is 0 Å². The van der Waals surface area contributed by atoms with E-state index < -0.39 is 0 Å². The average Bonchev–Trinajstić information content (AvgIpc) is 2.62. The molecule has 4 rings (SSSR count). The molecule has 2 aromatic heterocycles. The number of benzene rings is 1. The molecule has 7 heteroatoms. The Morgan fingerprint density at radius 2 is 1.76 bits per heavy atom. The Morgan fingerprint density at radius 3 is 2.48 bits per heavy atom. The van der Waals surface area contributed by atoms with E-state index in [0.29, 0.717) is 16.6 Å². The summed E-state index contributed by atoms with van der Waals surface area (Å²) in [5.41, 5.74) is 8.76. The molecule has 1 fully saturated rings. The normalized spacial score (nSPS) is 15.6. The zero-order valence-corrected chi connectivity index (χ0v) is 14.1. The molecule has 0 amide bonds. The van der Waals surface area contributed by atoms with Crippen LogP contribution in [0, 0.1) is 0 Å². The highest BCUT2D eigenvalue weighted by Gasteiger charge is 2.15. The first kappa shape index (κ1) is 15.6. The van der Waals surface area contributed by atoms with E-state index in [9.17, 15) is 4.79 Å². The second kappa shape index (κ2) is 6.18. The second-order valence-electron chi connectivity index (χ2n) is 6.33. The Hall–Kier alpha value is -2.93. The van der Waals surface area contributed by atoms with Crippen molar-refractivity contribution in [1.29, 1.82) is 0 Å². The van der Waals surface area contributed by atoms with Gasteiger partial charge in [0.1, 0.15) is 0 Å². The SMILES string of the molecule is CN1CCN(c2ccc(-c3nc(N)nc4cc[nH]c(=O)c34)cc2)CC1. The monoisotopic (exact) mass is 336 g/mol. The minimum atomic E-state index is -0.212. The van der Waals surface area contributed by atoms with Gasteiger partial charge in [0.25, 0.3) is 5.56 Å². The summed E-state index contributed by atoms with van der Waals surface area (Å²) in [4.78, 5) is 28.1. The zero-order chi connectivity index (χ0) is 17.4. The van der Waals surface area contributed by atoms with Gasteiger partial charge in [-0.3, -0.25) is 4.79 Å². The van der Waals surface area contributed by atoms with E-state index in [-0.39, 0.29) is 11.5 Å². The van der Waals surface area contributed by atoms with Gasteiger partial charge < -0.3 is 20.5 Å². The number of hydrogen-bond donors (Lipinski definition) is 2. The highest BCUT2D eigenvalue weighted by atomic mass is 16.1. The fourth-order valence-electron chi connectivity index (χ4n) is 3.21. The molecule has 1 saturated heterocycles. The third-order valence-electron chi connectivity index (χ3n) is 4.65. The number of hydrogen-bond acceptors (Lipinski definition) is 6. The zero-order valence-electron chi connectivity index (χ0n) is 14.1. The molecular formula is C18H20N6O. The van der Waals surface area contributed by atoms with Crippen LogP contribution in [-0.4, -0.2) is 53.1 Å². The molecule has 0 unspecified atom stereocenters. The van der Waals surface area contributed by atoms with Gasteiger partial charge in [-0.2, -0.15) is 0 Å². The summed E-state index contributed by atoms with van der Waals surface area (Å²) in [6.45, 7) is 4.15. The summed E-state index contributed by atoms with van der Waals surface area (Å²) in [5.74, 6) is 0.163. The van der Waals surface area contributed by atoms with Gasteiger partial charge in [-0.15, -0.1) is 0 Å². The summed E-state index contributed by atoms with van der Waals surface area (Å²) in [6.07, 6.45) is 1.57. The Labute approximate surface area is 145 Å². The predicted octanol–water partition coefficient (Wildman–Crippen LogP) is 1.32. The first-order chi connectivity index (χ1) is 12.1. The predicted molar refractivity (Wildman–Crippen MR) is 99.7 cm³/mol. The number of aromatic amines is 1. The third kappa shape index (κ3) is 2.94. The molecule has 3 N–H and O–H groups in total. The Morgan fingerprint density at radius 1 is 1.04 bits per heavy atom. The van der Waals surface area contributed by atoms with Crippen LogP contribution < -0.4 is 16.2 Å². The van der Waals surface area contributed by atoms with E-state index in [1.165, 1.54) is 5.69 Å².